The molecule has 0 radical (unpaired) electrons. The van der Waals surface area contributed by atoms with Crippen LogP contribution in [0.2, 0.25) is 0 Å². The third-order valence-electron chi connectivity index (χ3n) is 5.26. The van der Waals surface area contributed by atoms with E-state index in [4.69, 9.17) is 0 Å². The minimum atomic E-state index is 0. The van der Waals surface area contributed by atoms with Crippen molar-refractivity contribution in [2.24, 2.45) is 5.92 Å². The number of hydrogen-bond donors (Lipinski definition) is 1. The van der Waals surface area contributed by atoms with Gasteiger partial charge in [0.05, 0.1) is 23.1 Å². The van der Waals surface area contributed by atoms with Crippen molar-refractivity contribution in [3.8, 4) is 5.69 Å². The van der Waals surface area contributed by atoms with Crippen LogP contribution in [-0.4, -0.2) is 47.3 Å². The van der Waals surface area contributed by atoms with E-state index in [1.165, 1.54) is 5.56 Å². The molecule has 6 heteroatoms. The van der Waals surface area contributed by atoms with E-state index in [0.717, 1.165) is 49.4 Å². The normalized spacial score (nSPS) is 15.1. The third kappa shape index (κ3) is 4.71. The second kappa shape index (κ2) is 9.38. The Hall–Kier alpha value is -1.85. The first-order valence-corrected chi connectivity index (χ1v) is 9.60. The Labute approximate surface area is 168 Å². The molecule has 1 aliphatic heterocycles. The molecule has 3 rings (SSSR count). The predicted molar refractivity (Wildman–Crippen MR) is 112 cm³/mol. The first kappa shape index (κ1) is 21.5. The summed E-state index contributed by atoms with van der Waals surface area (Å²) in [4.78, 5) is 15.1. The Balaban J connectivity index is 0.00000261. The Bertz CT molecular complexity index is 746. The van der Waals surface area contributed by atoms with Crippen molar-refractivity contribution in [2.75, 3.05) is 26.7 Å². The average Bonchev–Trinajstić information content (AvgIpc) is 3.08. The maximum atomic E-state index is 13.1. The van der Waals surface area contributed by atoms with Gasteiger partial charge in [-0.25, -0.2) is 4.68 Å². The van der Waals surface area contributed by atoms with Crippen molar-refractivity contribution in [1.29, 1.82) is 0 Å². The lowest BCUT2D eigenvalue weighted by Crippen LogP contribution is -2.40. The van der Waals surface area contributed by atoms with E-state index in [2.05, 4.69) is 55.5 Å². The van der Waals surface area contributed by atoms with Gasteiger partial charge in [-0.1, -0.05) is 31.5 Å². The molecule has 1 aromatic heterocycles. The van der Waals surface area contributed by atoms with Crippen LogP contribution in [0.25, 0.3) is 5.69 Å². The van der Waals surface area contributed by atoms with Crippen LogP contribution in [0.5, 0.6) is 0 Å². The van der Waals surface area contributed by atoms with Crippen molar-refractivity contribution >= 4 is 18.3 Å². The zero-order valence-electron chi connectivity index (χ0n) is 16.7. The third-order valence-corrected chi connectivity index (χ3v) is 5.26. The van der Waals surface area contributed by atoms with Crippen LogP contribution in [-0.2, 0) is 0 Å². The molecule has 0 spiro atoms. The lowest BCUT2D eigenvalue weighted by Gasteiger charge is -2.32. The number of carbonyl (C=O) groups is 1. The highest BCUT2D eigenvalue weighted by molar-refractivity contribution is 5.95. The zero-order chi connectivity index (χ0) is 18.7. The SMILES string of the molecule is CNCC1CCN(C(=O)c2cnn(-c3ccc(C)cc3)c2C(C)C)CC1.Cl. The van der Waals surface area contributed by atoms with Crippen LogP contribution in [0.1, 0.15) is 54.2 Å². The molecule has 1 amide bonds. The number of piperidine rings is 1. The number of amides is 1. The van der Waals surface area contributed by atoms with Gasteiger partial charge in [0, 0.05) is 13.1 Å². The summed E-state index contributed by atoms with van der Waals surface area (Å²) in [5.41, 5.74) is 3.96. The number of aryl methyl sites for hydroxylation is 1. The number of hydrogen-bond acceptors (Lipinski definition) is 3. The van der Waals surface area contributed by atoms with Gasteiger partial charge in [0.25, 0.3) is 5.91 Å². The molecule has 1 aromatic carbocycles. The lowest BCUT2D eigenvalue weighted by molar-refractivity contribution is 0.0689. The summed E-state index contributed by atoms with van der Waals surface area (Å²) in [6, 6.07) is 8.28. The lowest BCUT2D eigenvalue weighted by atomic mass is 9.96. The average molecular weight is 391 g/mol. The van der Waals surface area contributed by atoms with Gasteiger partial charge in [-0.3, -0.25) is 4.79 Å². The molecule has 0 saturated carbocycles. The van der Waals surface area contributed by atoms with Crippen LogP contribution in [0.15, 0.2) is 30.5 Å². The van der Waals surface area contributed by atoms with E-state index >= 15 is 0 Å². The van der Waals surface area contributed by atoms with E-state index in [0.29, 0.717) is 5.92 Å². The summed E-state index contributed by atoms with van der Waals surface area (Å²) in [6.45, 7) is 9.01. The minimum Gasteiger partial charge on any atom is -0.339 e. The highest BCUT2D eigenvalue weighted by Crippen LogP contribution is 2.26. The van der Waals surface area contributed by atoms with Crippen molar-refractivity contribution < 1.29 is 4.79 Å². The number of rotatable bonds is 5. The molecule has 1 aliphatic rings. The molecule has 0 unspecified atom stereocenters. The van der Waals surface area contributed by atoms with Gasteiger partial charge in [-0.2, -0.15) is 5.10 Å². The molecular weight excluding hydrogens is 360 g/mol. The number of nitrogens with one attached hydrogen (secondary N) is 1. The fourth-order valence-corrected chi connectivity index (χ4v) is 3.77. The molecular formula is C21H31ClN4O. The number of halogens is 1. The highest BCUT2D eigenvalue weighted by atomic mass is 35.5. The van der Waals surface area contributed by atoms with Gasteiger partial charge < -0.3 is 10.2 Å². The molecule has 1 saturated heterocycles. The summed E-state index contributed by atoms with van der Waals surface area (Å²) < 4.78 is 1.92. The van der Waals surface area contributed by atoms with Gasteiger partial charge in [0.15, 0.2) is 0 Å². The molecule has 148 valence electrons. The topological polar surface area (TPSA) is 50.2 Å². The van der Waals surface area contributed by atoms with Crippen LogP contribution in [0.3, 0.4) is 0 Å². The maximum absolute atomic E-state index is 13.1. The second-order valence-corrected chi connectivity index (χ2v) is 7.64. The summed E-state index contributed by atoms with van der Waals surface area (Å²) in [5.74, 6) is 1.01. The fourth-order valence-electron chi connectivity index (χ4n) is 3.77. The van der Waals surface area contributed by atoms with Crippen LogP contribution < -0.4 is 5.32 Å². The van der Waals surface area contributed by atoms with Gasteiger partial charge >= 0.3 is 0 Å². The van der Waals surface area contributed by atoms with Crippen molar-refractivity contribution in [3.05, 3.63) is 47.3 Å². The number of benzene rings is 1. The molecule has 0 aliphatic carbocycles. The largest absolute Gasteiger partial charge is 0.339 e. The van der Waals surface area contributed by atoms with Crippen molar-refractivity contribution in [1.82, 2.24) is 20.0 Å². The van der Waals surface area contributed by atoms with Gasteiger partial charge in [0.1, 0.15) is 0 Å². The first-order chi connectivity index (χ1) is 12.5. The first-order valence-electron chi connectivity index (χ1n) is 9.60. The van der Waals surface area contributed by atoms with Crippen molar-refractivity contribution in [2.45, 2.75) is 39.5 Å². The molecule has 5 nitrogen and oxygen atoms in total. The molecule has 27 heavy (non-hydrogen) atoms. The summed E-state index contributed by atoms with van der Waals surface area (Å²) in [7, 11) is 1.99. The van der Waals surface area contributed by atoms with Crippen LogP contribution in [0.4, 0.5) is 0 Å². The molecule has 0 bridgehead atoms. The quantitative estimate of drug-likeness (QED) is 0.844. The smallest absolute Gasteiger partial charge is 0.257 e. The minimum absolute atomic E-state index is 0. The van der Waals surface area contributed by atoms with Crippen LogP contribution in [0, 0.1) is 12.8 Å². The van der Waals surface area contributed by atoms with E-state index < -0.39 is 0 Å². The maximum Gasteiger partial charge on any atom is 0.257 e. The Morgan fingerprint density at radius 2 is 1.85 bits per heavy atom. The Morgan fingerprint density at radius 1 is 1.22 bits per heavy atom. The van der Waals surface area contributed by atoms with E-state index in [-0.39, 0.29) is 24.2 Å². The molecule has 0 atom stereocenters. The van der Waals surface area contributed by atoms with E-state index in [1.54, 1.807) is 6.20 Å². The predicted octanol–water partition coefficient (Wildman–Crippen LogP) is 3.80. The summed E-state index contributed by atoms with van der Waals surface area (Å²) >= 11 is 0. The van der Waals surface area contributed by atoms with Crippen molar-refractivity contribution in [3.63, 3.8) is 0 Å². The molecule has 2 heterocycles. The van der Waals surface area contributed by atoms with E-state index in [9.17, 15) is 4.79 Å². The highest BCUT2D eigenvalue weighted by Gasteiger charge is 2.28. The summed E-state index contributed by atoms with van der Waals surface area (Å²) in [6.07, 6.45) is 3.88. The zero-order valence-corrected chi connectivity index (χ0v) is 17.6. The molecule has 2 aromatic rings. The van der Waals surface area contributed by atoms with Gasteiger partial charge in [-0.05, 0) is 57.3 Å². The number of carbonyl (C=O) groups excluding carboxylic acids is 1. The van der Waals surface area contributed by atoms with Gasteiger partial charge in [-0.15, -0.1) is 12.4 Å². The summed E-state index contributed by atoms with van der Waals surface area (Å²) in [5, 5.41) is 7.80. The van der Waals surface area contributed by atoms with Crippen LogP contribution >= 0.6 is 12.4 Å². The monoisotopic (exact) mass is 390 g/mol. The Kier molecular flexibility index (Phi) is 7.45. The Morgan fingerprint density at radius 3 is 2.41 bits per heavy atom. The molecule has 1 fully saturated rings. The fraction of sp³-hybridized carbons (Fsp3) is 0.524. The second-order valence-electron chi connectivity index (χ2n) is 7.64. The van der Waals surface area contributed by atoms with Gasteiger partial charge in [0.2, 0.25) is 0 Å². The number of nitrogens with zero attached hydrogens (tertiary/aromatic N) is 3. The number of aromatic nitrogens is 2. The number of likely N-dealkylation sites (tertiary alicyclic amines) is 1. The standard InChI is InChI=1S/C21H30N4O.ClH/c1-15(2)20-19(14-23-25(20)18-7-5-16(3)6-8-18)21(26)24-11-9-17(10-12-24)13-22-4;/h5-8,14-15,17,22H,9-13H2,1-4H3;1H. The molecule has 1 N–H and O–H groups in total. The van der Waals surface area contributed by atoms with E-state index in [1.807, 2.05) is 16.6 Å².